The number of carbonyl (C=O) groups is 1. The second kappa shape index (κ2) is 4.65. The highest BCUT2D eigenvalue weighted by molar-refractivity contribution is 5.90. The second-order valence-electron chi connectivity index (χ2n) is 3.54. The first-order chi connectivity index (χ1) is 8.16. The maximum absolute atomic E-state index is 11.0. The molecule has 1 aromatic carbocycles. The van der Waals surface area contributed by atoms with Gasteiger partial charge in [-0.3, -0.25) is 4.98 Å². The summed E-state index contributed by atoms with van der Waals surface area (Å²) < 4.78 is 5.48. The van der Waals surface area contributed by atoms with Gasteiger partial charge in [0.25, 0.3) is 0 Å². The number of para-hydroxylation sites is 1. The van der Waals surface area contributed by atoms with E-state index in [0.29, 0.717) is 11.5 Å². The molecule has 0 aliphatic heterocycles. The molecule has 0 aliphatic carbocycles. The lowest BCUT2D eigenvalue weighted by Crippen LogP contribution is -1.99. The van der Waals surface area contributed by atoms with E-state index in [9.17, 15) is 4.79 Å². The van der Waals surface area contributed by atoms with E-state index in [1.807, 2.05) is 6.92 Å². The molecule has 2 rings (SSSR count). The maximum Gasteiger partial charge on any atom is 0.339 e. The number of aryl methyl sites for hydroxylation is 1. The van der Waals surface area contributed by atoms with Crippen molar-refractivity contribution in [3.63, 3.8) is 0 Å². The Kier molecular flexibility index (Phi) is 3.05. The molecule has 0 amide bonds. The van der Waals surface area contributed by atoms with Gasteiger partial charge in [0.2, 0.25) is 0 Å². The zero-order chi connectivity index (χ0) is 12.3. The number of benzene rings is 1. The molecule has 2 aromatic rings. The van der Waals surface area contributed by atoms with Gasteiger partial charge in [0.1, 0.15) is 17.1 Å². The van der Waals surface area contributed by atoms with E-state index in [4.69, 9.17) is 9.84 Å². The molecule has 0 saturated carbocycles. The summed E-state index contributed by atoms with van der Waals surface area (Å²) in [6, 6.07) is 10.1. The van der Waals surface area contributed by atoms with E-state index in [0.717, 1.165) is 5.69 Å². The van der Waals surface area contributed by atoms with Crippen LogP contribution in [0.4, 0.5) is 0 Å². The van der Waals surface area contributed by atoms with Crippen LogP contribution in [-0.4, -0.2) is 16.1 Å². The number of nitrogens with zero attached hydrogens (tertiary/aromatic N) is 1. The number of ether oxygens (including phenoxy) is 1. The summed E-state index contributed by atoms with van der Waals surface area (Å²) in [5, 5.41) is 8.99. The largest absolute Gasteiger partial charge is 0.478 e. The van der Waals surface area contributed by atoms with E-state index < -0.39 is 5.97 Å². The average Bonchev–Trinajstić information content (AvgIpc) is 2.32. The molecule has 0 fully saturated rings. The lowest BCUT2D eigenvalue weighted by Gasteiger charge is -2.07. The molecule has 4 nitrogen and oxygen atoms in total. The third kappa shape index (κ3) is 2.60. The van der Waals surface area contributed by atoms with Gasteiger partial charge in [-0.15, -0.1) is 0 Å². The Morgan fingerprint density at radius 1 is 1.24 bits per heavy atom. The Morgan fingerprint density at radius 2 is 2.00 bits per heavy atom. The SMILES string of the molecule is Cc1ccc(Oc2ccccc2C(=O)O)cn1. The molecule has 0 spiro atoms. The summed E-state index contributed by atoms with van der Waals surface area (Å²) in [6.07, 6.45) is 1.56. The molecule has 1 aromatic heterocycles. The molecule has 0 bridgehead atoms. The second-order valence-corrected chi connectivity index (χ2v) is 3.54. The van der Waals surface area contributed by atoms with Gasteiger partial charge in [-0.25, -0.2) is 4.79 Å². The van der Waals surface area contributed by atoms with Crippen LogP contribution in [-0.2, 0) is 0 Å². The van der Waals surface area contributed by atoms with Crippen molar-refractivity contribution in [2.75, 3.05) is 0 Å². The first kappa shape index (κ1) is 11.1. The fourth-order valence-corrected chi connectivity index (χ4v) is 1.37. The molecule has 1 heterocycles. The van der Waals surface area contributed by atoms with Crippen molar-refractivity contribution in [3.8, 4) is 11.5 Å². The standard InChI is InChI=1S/C13H11NO3/c1-9-6-7-10(8-14-9)17-12-5-3-2-4-11(12)13(15)16/h2-8H,1H3,(H,15,16). The van der Waals surface area contributed by atoms with Crippen molar-refractivity contribution < 1.29 is 14.6 Å². The van der Waals surface area contributed by atoms with Gasteiger partial charge in [0, 0.05) is 5.69 Å². The number of carboxylic acids is 1. The van der Waals surface area contributed by atoms with Gasteiger partial charge in [-0.05, 0) is 31.2 Å². The lowest BCUT2D eigenvalue weighted by molar-refractivity contribution is 0.0694. The average molecular weight is 229 g/mol. The minimum atomic E-state index is -1.01. The highest BCUT2D eigenvalue weighted by atomic mass is 16.5. The topological polar surface area (TPSA) is 59.4 Å². The third-order valence-electron chi connectivity index (χ3n) is 2.23. The minimum Gasteiger partial charge on any atom is -0.478 e. The van der Waals surface area contributed by atoms with Crippen molar-refractivity contribution in [2.45, 2.75) is 6.92 Å². The molecular weight excluding hydrogens is 218 g/mol. The monoisotopic (exact) mass is 229 g/mol. The molecule has 0 radical (unpaired) electrons. The first-order valence-corrected chi connectivity index (χ1v) is 5.09. The predicted molar refractivity (Wildman–Crippen MR) is 62.4 cm³/mol. The van der Waals surface area contributed by atoms with Gasteiger partial charge in [-0.2, -0.15) is 0 Å². The quantitative estimate of drug-likeness (QED) is 0.879. The Bertz CT molecular complexity index is 535. The first-order valence-electron chi connectivity index (χ1n) is 5.09. The fourth-order valence-electron chi connectivity index (χ4n) is 1.37. The number of hydrogen-bond acceptors (Lipinski definition) is 3. The molecule has 0 saturated heterocycles. The van der Waals surface area contributed by atoms with E-state index >= 15 is 0 Å². The summed E-state index contributed by atoms with van der Waals surface area (Å²) in [7, 11) is 0. The number of hydrogen-bond donors (Lipinski definition) is 1. The summed E-state index contributed by atoms with van der Waals surface area (Å²) >= 11 is 0. The summed E-state index contributed by atoms with van der Waals surface area (Å²) in [5.41, 5.74) is 1.01. The fraction of sp³-hybridized carbons (Fsp3) is 0.0769. The molecule has 1 N–H and O–H groups in total. The van der Waals surface area contributed by atoms with Crippen LogP contribution in [0.25, 0.3) is 0 Å². The van der Waals surface area contributed by atoms with Gasteiger partial charge in [0.15, 0.2) is 0 Å². The smallest absolute Gasteiger partial charge is 0.339 e. The van der Waals surface area contributed by atoms with Crippen molar-refractivity contribution in [1.29, 1.82) is 0 Å². The molecular formula is C13H11NO3. The maximum atomic E-state index is 11.0. The molecule has 0 aliphatic rings. The zero-order valence-corrected chi connectivity index (χ0v) is 9.25. The molecule has 0 atom stereocenters. The van der Waals surface area contributed by atoms with Crippen LogP contribution < -0.4 is 4.74 Å². The van der Waals surface area contributed by atoms with E-state index in [2.05, 4.69) is 4.98 Å². The Labute approximate surface area is 98.5 Å². The van der Waals surface area contributed by atoms with Gasteiger partial charge >= 0.3 is 5.97 Å². The normalized spacial score (nSPS) is 9.94. The van der Waals surface area contributed by atoms with Crippen molar-refractivity contribution in [2.24, 2.45) is 0 Å². The Hall–Kier alpha value is -2.36. The van der Waals surface area contributed by atoms with Gasteiger partial charge < -0.3 is 9.84 Å². The lowest BCUT2D eigenvalue weighted by atomic mass is 10.2. The van der Waals surface area contributed by atoms with E-state index in [1.165, 1.54) is 6.07 Å². The van der Waals surface area contributed by atoms with Crippen molar-refractivity contribution >= 4 is 5.97 Å². The van der Waals surface area contributed by atoms with Crippen LogP contribution in [0.1, 0.15) is 16.1 Å². The third-order valence-corrected chi connectivity index (χ3v) is 2.23. The van der Waals surface area contributed by atoms with Gasteiger partial charge in [-0.1, -0.05) is 12.1 Å². The minimum absolute atomic E-state index is 0.132. The summed E-state index contributed by atoms with van der Waals surface area (Å²) in [4.78, 5) is 15.0. The van der Waals surface area contributed by atoms with Crippen LogP contribution in [0.5, 0.6) is 11.5 Å². The molecule has 86 valence electrons. The van der Waals surface area contributed by atoms with Crippen LogP contribution in [0.3, 0.4) is 0 Å². The zero-order valence-electron chi connectivity index (χ0n) is 9.25. The van der Waals surface area contributed by atoms with Crippen molar-refractivity contribution in [1.82, 2.24) is 4.98 Å². The van der Waals surface area contributed by atoms with E-state index in [-0.39, 0.29) is 5.56 Å². The number of aromatic nitrogens is 1. The summed E-state index contributed by atoms with van der Waals surface area (Å²) in [5.74, 6) is -0.185. The Balaban J connectivity index is 2.30. The van der Waals surface area contributed by atoms with Crippen molar-refractivity contribution in [3.05, 3.63) is 53.9 Å². The van der Waals surface area contributed by atoms with E-state index in [1.54, 1.807) is 36.5 Å². The van der Waals surface area contributed by atoms with Gasteiger partial charge in [0.05, 0.1) is 6.20 Å². The number of rotatable bonds is 3. The molecule has 4 heteroatoms. The summed E-state index contributed by atoms with van der Waals surface area (Å²) in [6.45, 7) is 1.87. The Morgan fingerprint density at radius 3 is 2.65 bits per heavy atom. The number of carboxylic acid groups (broad SMARTS) is 1. The van der Waals surface area contributed by atoms with Crippen LogP contribution in [0.15, 0.2) is 42.6 Å². The van der Waals surface area contributed by atoms with Crippen LogP contribution in [0.2, 0.25) is 0 Å². The highest BCUT2D eigenvalue weighted by Crippen LogP contribution is 2.24. The highest BCUT2D eigenvalue weighted by Gasteiger charge is 2.10. The van der Waals surface area contributed by atoms with Crippen LogP contribution >= 0.6 is 0 Å². The number of pyridine rings is 1. The number of aromatic carboxylic acids is 1. The molecule has 17 heavy (non-hydrogen) atoms. The predicted octanol–water partition coefficient (Wildman–Crippen LogP) is 2.88. The molecule has 0 unspecified atom stereocenters. The van der Waals surface area contributed by atoms with Crippen LogP contribution in [0, 0.1) is 6.92 Å².